The first-order valence-electron chi connectivity index (χ1n) is 8.90. The Morgan fingerprint density at radius 2 is 1.03 bits per heavy atom. The van der Waals surface area contributed by atoms with Crippen LogP contribution in [-0.4, -0.2) is 98.3 Å². The number of thiol groups is 3. The van der Waals surface area contributed by atoms with Gasteiger partial charge in [-0.05, 0) is 13.8 Å². The lowest BCUT2D eigenvalue weighted by Gasteiger charge is -2.33. The first kappa shape index (κ1) is 36.7. The van der Waals surface area contributed by atoms with E-state index in [1.54, 1.807) is 6.92 Å². The number of aliphatic hydroxyl groups is 3. The van der Waals surface area contributed by atoms with Crippen LogP contribution in [0.3, 0.4) is 0 Å². The third-order valence-electron chi connectivity index (χ3n) is 3.20. The second-order valence-corrected chi connectivity index (χ2v) is 6.88. The molecule has 10 nitrogen and oxygen atoms in total. The van der Waals surface area contributed by atoms with Gasteiger partial charge in [-0.3, -0.25) is 14.4 Å². The lowest BCUT2D eigenvalue weighted by molar-refractivity contribution is -0.137. The van der Waals surface area contributed by atoms with Gasteiger partial charge >= 0.3 is 17.9 Å². The molecule has 1 atom stereocenters. The Bertz CT molecular complexity index is 374. The molecule has 0 fully saturated rings. The van der Waals surface area contributed by atoms with E-state index < -0.39 is 23.3 Å². The zero-order chi connectivity index (χ0) is 24.6. The summed E-state index contributed by atoms with van der Waals surface area (Å²) in [5.41, 5.74) is -0.921. The van der Waals surface area contributed by atoms with Gasteiger partial charge in [-0.2, -0.15) is 37.9 Å². The van der Waals surface area contributed by atoms with Gasteiger partial charge in [0.25, 0.3) is 0 Å². The second kappa shape index (κ2) is 26.3. The van der Waals surface area contributed by atoms with Gasteiger partial charge < -0.3 is 35.4 Å². The van der Waals surface area contributed by atoms with Gasteiger partial charge in [-0.25, -0.2) is 0 Å². The third-order valence-corrected chi connectivity index (χ3v) is 3.87. The van der Waals surface area contributed by atoms with Gasteiger partial charge in [0, 0.05) is 23.9 Å². The molecule has 0 aromatic carbocycles. The Balaban J connectivity index is -0.000000161. The zero-order valence-electron chi connectivity index (χ0n) is 17.3. The molecule has 0 aromatic heterocycles. The zero-order valence-corrected chi connectivity index (χ0v) is 20.0. The largest absolute Gasteiger partial charge is 0.481 e. The van der Waals surface area contributed by atoms with Crippen molar-refractivity contribution in [2.75, 3.05) is 43.7 Å². The summed E-state index contributed by atoms with van der Waals surface area (Å²) in [7, 11) is 0. The molecule has 0 amide bonds. The van der Waals surface area contributed by atoms with Crippen molar-refractivity contribution in [1.82, 2.24) is 0 Å². The fraction of sp³-hybridized carbons (Fsp3) is 0.824. The molecular weight excluding hydrogens is 460 g/mol. The van der Waals surface area contributed by atoms with E-state index in [2.05, 4.69) is 37.9 Å². The SMILES string of the molecule is CCOC(C)C(CO)(CO)CO.O=C(O)CCS.O=C(O)CCS.O=C(O)CCS. The van der Waals surface area contributed by atoms with Gasteiger partial charge in [-0.15, -0.1) is 0 Å². The summed E-state index contributed by atoms with van der Waals surface area (Å²) in [6.07, 6.45) is 0.123. The van der Waals surface area contributed by atoms with E-state index >= 15 is 0 Å². The Labute approximate surface area is 193 Å². The van der Waals surface area contributed by atoms with Crippen molar-refractivity contribution in [3.63, 3.8) is 0 Å². The van der Waals surface area contributed by atoms with Crippen LogP contribution in [0.4, 0.5) is 0 Å². The van der Waals surface area contributed by atoms with Gasteiger partial charge in [0.1, 0.15) is 0 Å². The summed E-state index contributed by atoms with van der Waals surface area (Å²) >= 11 is 11.0. The van der Waals surface area contributed by atoms with Crippen LogP contribution in [0.2, 0.25) is 0 Å². The lowest BCUT2D eigenvalue weighted by atomic mass is 9.85. The number of carbonyl (C=O) groups is 3. The van der Waals surface area contributed by atoms with E-state index in [1.807, 2.05) is 6.92 Å². The topological polar surface area (TPSA) is 182 Å². The second-order valence-electron chi connectivity index (χ2n) is 5.54. The van der Waals surface area contributed by atoms with Crippen LogP contribution in [0, 0.1) is 5.41 Å². The van der Waals surface area contributed by atoms with Crippen molar-refractivity contribution in [3.8, 4) is 0 Å². The fourth-order valence-electron chi connectivity index (χ4n) is 1.25. The van der Waals surface area contributed by atoms with Gasteiger partial charge in [0.05, 0.1) is 50.6 Å². The first-order chi connectivity index (χ1) is 14.0. The summed E-state index contributed by atoms with van der Waals surface area (Å²) in [5, 5.41) is 50.5. The number of aliphatic carboxylic acids is 3. The number of carboxylic acid groups (broad SMARTS) is 3. The van der Waals surface area contributed by atoms with Crippen molar-refractivity contribution >= 4 is 55.8 Å². The monoisotopic (exact) mass is 496 g/mol. The van der Waals surface area contributed by atoms with E-state index in [0.29, 0.717) is 23.9 Å². The van der Waals surface area contributed by atoms with Gasteiger partial charge in [0.15, 0.2) is 0 Å². The number of ether oxygens (including phenoxy) is 1. The molecule has 0 aliphatic rings. The van der Waals surface area contributed by atoms with Crippen molar-refractivity contribution in [1.29, 1.82) is 0 Å². The molecule has 0 radical (unpaired) electrons. The number of hydrogen-bond acceptors (Lipinski definition) is 10. The average Bonchev–Trinajstić information content (AvgIpc) is 2.65. The Kier molecular flexibility index (Phi) is 32.2. The number of rotatable bonds is 12. The molecule has 0 aliphatic carbocycles. The number of carboxylic acids is 3. The summed E-state index contributed by atoms with van der Waals surface area (Å²) in [4.78, 5) is 28.7. The molecule has 182 valence electrons. The van der Waals surface area contributed by atoms with Crippen molar-refractivity contribution in [2.24, 2.45) is 5.41 Å². The van der Waals surface area contributed by atoms with Gasteiger partial charge in [-0.1, -0.05) is 0 Å². The molecular formula is C17H36O10S3. The quantitative estimate of drug-likeness (QED) is 0.173. The minimum absolute atomic E-state index is 0.156. The highest BCUT2D eigenvalue weighted by Crippen LogP contribution is 2.22. The molecule has 6 N–H and O–H groups in total. The summed E-state index contributed by atoms with van der Waals surface area (Å²) < 4.78 is 5.20. The normalized spacial score (nSPS) is 10.8. The molecule has 30 heavy (non-hydrogen) atoms. The standard InChI is InChI=1S/C8H18O4.3C3H6O2S/c1-3-12-7(2)8(4-9,5-10)6-11;3*4-3(5)1-2-6/h7,9-11H,3-6H2,1-2H3;3*6H,1-2H2,(H,4,5). The number of hydrogen-bond donors (Lipinski definition) is 9. The van der Waals surface area contributed by atoms with E-state index in [0.717, 1.165) is 0 Å². The Morgan fingerprint density at radius 1 is 0.767 bits per heavy atom. The van der Waals surface area contributed by atoms with Crippen LogP contribution in [0.15, 0.2) is 0 Å². The van der Waals surface area contributed by atoms with Gasteiger partial charge in [0.2, 0.25) is 0 Å². The van der Waals surface area contributed by atoms with Crippen LogP contribution < -0.4 is 0 Å². The molecule has 0 rings (SSSR count). The Morgan fingerprint density at radius 3 is 1.13 bits per heavy atom. The van der Waals surface area contributed by atoms with E-state index in [1.165, 1.54) is 0 Å². The molecule has 0 aliphatic heterocycles. The highest BCUT2D eigenvalue weighted by molar-refractivity contribution is 7.80. The number of aliphatic hydroxyl groups excluding tert-OH is 3. The first-order valence-corrected chi connectivity index (χ1v) is 10.8. The maximum atomic E-state index is 9.55. The predicted molar refractivity (Wildman–Crippen MR) is 123 cm³/mol. The molecule has 0 saturated heterocycles. The predicted octanol–water partition coefficient (Wildman–Crippen LogP) is 0.547. The molecule has 1 unspecified atom stereocenters. The maximum Gasteiger partial charge on any atom is 0.304 e. The maximum absolute atomic E-state index is 9.55. The van der Waals surface area contributed by atoms with Crippen molar-refractivity contribution < 1.29 is 49.8 Å². The Hall–Kier alpha value is -0.700. The minimum atomic E-state index is -0.921. The minimum Gasteiger partial charge on any atom is -0.481 e. The lowest BCUT2D eigenvalue weighted by Crippen LogP contribution is -2.45. The van der Waals surface area contributed by atoms with E-state index in [4.69, 9.17) is 35.4 Å². The smallest absolute Gasteiger partial charge is 0.304 e. The van der Waals surface area contributed by atoms with E-state index in [9.17, 15) is 14.4 Å². The molecule has 0 bridgehead atoms. The molecule has 0 saturated carbocycles. The molecule has 0 spiro atoms. The summed E-state index contributed by atoms with van der Waals surface area (Å²) in [6, 6.07) is 0. The van der Waals surface area contributed by atoms with Crippen molar-refractivity contribution in [3.05, 3.63) is 0 Å². The molecule has 13 heteroatoms. The summed E-state index contributed by atoms with van der Waals surface area (Å²) in [5.74, 6) is -1.08. The van der Waals surface area contributed by atoms with Crippen LogP contribution >= 0.6 is 37.9 Å². The van der Waals surface area contributed by atoms with Crippen LogP contribution in [0.1, 0.15) is 33.1 Å². The van der Waals surface area contributed by atoms with Crippen LogP contribution in [-0.2, 0) is 19.1 Å². The highest BCUT2D eigenvalue weighted by atomic mass is 32.1. The van der Waals surface area contributed by atoms with Crippen LogP contribution in [0.5, 0.6) is 0 Å². The third kappa shape index (κ3) is 27.3. The average molecular weight is 497 g/mol. The molecule has 0 aromatic rings. The van der Waals surface area contributed by atoms with Crippen molar-refractivity contribution in [2.45, 2.75) is 39.2 Å². The van der Waals surface area contributed by atoms with E-state index in [-0.39, 0.29) is 45.2 Å². The fourth-order valence-corrected chi connectivity index (χ4v) is 1.82. The summed E-state index contributed by atoms with van der Waals surface area (Å²) in [6.45, 7) is 3.23. The van der Waals surface area contributed by atoms with Crippen LogP contribution in [0.25, 0.3) is 0 Å². The highest BCUT2D eigenvalue weighted by Gasteiger charge is 2.35. The molecule has 0 heterocycles.